The lowest BCUT2D eigenvalue weighted by Crippen LogP contribution is -2.59. The molecule has 1 heterocycles. The summed E-state index contributed by atoms with van der Waals surface area (Å²) < 4.78 is 15.7. The minimum absolute atomic E-state index is 0.0452. The SMILES string of the molecule is CO[C@@H]1CC(=O)C=C[C@@]1(O)CCO[C@@H]1O[C@H](CO)[C@@H](O)[C@H](O)[C@H]1O. The van der Waals surface area contributed by atoms with E-state index < -0.39 is 49.0 Å². The van der Waals surface area contributed by atoms with Gasteiger partial charge in [0.05, 0.1) is 19.3 Å². The summed E-state index contributed by atoms with van der Waals surface area (Å²) in [7, 11) is 1.39. The summed E-state index contributed by atoms with van der Waals surface area (Å²) in [5, 5.41) is 48.9. The lowest BCUT2D eigenvalue weighted by molar-refractivity contribution is -0.302. The van der Waals surface area contributed by atoms with Crippen molar-refractivity contribution in [1.29, 1.82) is 0 Å². The molecule has 1 aliphatic carbocycles. The highest BCUT2D eigenvalue weighted by Crippen LogP contribution is 2.28. The van der Waals surface area contributed by atoms with E-state index in [1.54, 1.807) is 0 Å². The van der Waals surface area contributed by atoms with Crippen LogP contribution in [0.2, 0.25) is 0 Å². The molecule has 0 amide bonds. The third kappa shape index (κ3) is 4.01. The fourth-order valence-corrected chi connectivity index (χ4v) is 2.85. The van der Waals surface area contributed by atoms with Crippen LogP contribution in [0.15, 0.2) is 12.2 Å². The maximum atomic E-state index is 11.4. The second kappa shape index (κ2) is 7.98. The van der Waals surface area contributed by atoms with Crippen molar-refractivity contribution in [2.24, 2.45) is 0 Å². The van der Waals surface area contributed by atoms with Gasteiger partial charge in [-0.2, -0.15) is 0 Å². The molecule has 0 saturated carbocycles. The van der Waals surface area contributed by atoms with Crippen molar-refractivity contribution in [2.45, 2.75) is 55.3 Å². The van der Waals surface area contributed by atoms with E-state index >= 15 is 0 Å². The summed E-state index contributed by atoms with van der Waals surface area (Å²) in [6.45, 7) is -0.622. The molecule has 1 aliphatic heterocycles. The minimum atomic E-state index is -1.53. The Balaban J connectivity index is 1.93. The molecule has 24 heavy (non-hydrogen) atoms. The van der Waals surface area contributed by atoms with Crippen LogP contribution in [0, 0.1) is 0 Å². The Morgan fingerprint density at radius 1 is 1.29 bits per heavy atom. The Morgan fingerprint density at radius 2 is 2.00 bits per heavy atom. The van der Waals surface area contributed by atoms with E-state index in [-0.39, 0.29) is 25.2 Å². The van der Waals surface area contributed by atoms with Crippen LogP contribution in [-0.4, -0.2) is 94.1 Å². The van der Waals surface area contributed by atoms with Gasteiger partial charge in [-0.3, -0.25) is 4.79 Å². The Bertz CT molecular complexity index is 466. The van der Waals surface area contributed by atoms with Gasteiger partial charge >= 0.3 is 0 Å². The average Bonchev–Trinajstić information content (AvgIpc) is 2.57. The van der Waals surface area contributed by atoms with Crippen LogP contribution in [0.3, 0.4) is 0 Å². The van der Waals surface area contributed by atoms with Crippen LogP contribution >= 0.6 is 0 Å². The molecule has 0 spiro atoms. The van der Waals surface area contributed by atoms with Gasteiger partial charge in [-0.25, -0.2) is 0 Å². The standard InChI is InChI=1S/C15H24O9/c1-22-10-6-8(17)2-3-15(10,21)4-5-23-14-13(20)12(19)11(18)9(7-16)24-14/h2-3,9-14,16,18-21H,4-7H2,1H3/t9-,10-,11-,12+,13-,14-,15-/m1/s1. The van der Waals surface area contributed by atoms with Crippen LogP contribution in [-0.2, 0) is 19.0 Å². The predicted molar refractivity (Wildman–Crippen MR) is 78.8 cm³/mol. The highest BCUT2D eigenvalue weighted by atomic mass is 16.7. The van der Waals surface area contributed by atoms with E-state index in [1.165, 1.54) is 19.3 Å². The molecule has 0 aromatic heterocycles. The number of aliphatic hydroxyl groups is 5. The first kappa shape index (κ1) is 19.4. The average molecular weight is 348 g/mol. The third-order valence-corrected chi connectivity index (χ3v) is 4.42. The number of allylic oxidation sites excluding steroid dienone is 1. The number of ketones is 1. The van der Waals surface area contributed by atoms with E-state index in [9.17, 15) is 25.2 Å². The van der Waals surface area contributed by atoms with Crippen molar-refractivity contribution in [1.82, 2.24) is 0 Å². The van der Waals surface area contributed by atoms with Crippen LogP contribution < -0.4 is 0 Å². The fourth-order valence-electron chi connectivity index (χ4n) is 2.85. The number of hydrogen-bond acceptors (Lipinski definition) is 9. The lowest BCUT2D eigenvalue weighted by Gasteiger charge is -2.40. The molecule has 2 aliphatic rings. The Kier molecular flexibility index (Phi) is 6.46. The molecule has 2 rings (SSSR count). The van der Waals surface area contributed by atoms with Crippen molar-refractivity contribution in [3.8, 4) is 0 Å². The van der Waals surface area contributed by atoms with Gasteiger partial charge in [0.1, 0.15) is 30.0 Å². The Labute approximate surface area is 139 Å². The molecule has 0 aromatic carbocycles. The molecule has 0 aromatic rings. The molecule has 9 heteroatoms. The van der Waals surface area contributed by atoms with Crippen LogP contribution in [0.4, 0.5) is 0 Å². The van der Waals surface area contributed by atoms with Crippen LogP contribution in [0.1, 0.15) is 12.8 Å². The second-order valence-corrected chi connectivity index (χ2v) is 6.04. The van der Waals surface area contributed by atoms with Gasteiger partial charge in [0.2, 0.25) is 0 Å². The highest BCUT2D eigenvalue weighted by Gasteiger charge is 2.44. The summed E-state index contributed by atoms with van der Waals surface area (Å²) >= 11 is 0. The van der Waals surface area contributed by atoms with E-state index in [0.717, 1.165) is 0 Å². The van der Waals surface area contributed by atoms with Crippen molar-refractivity contribution >= 4 is 5.78 Å². The lowest BCUT2D eigenvalue weighted by atomic mass is 9.85. The second-order valence-electron chi connectivity index (χ2n) is 6.04. The van der Waals surface area contributed by atoms with Gasteiger partial charge in [-0.1, -0.05) is 0 Å². The quantitative estimate of drug-likeness (QED) is 0.350. The Morgan fingerprint density at radius 3 is 2.62 bits per heavy atom. The molecule has 1 saturated heterocycles. The summed E-state index contributed by atoms with van der Waals surface area (Å²) in [4.78, 5) is 11.4. The zero-order valence-electron chi connectivity index (χ0n) is 13.3. The predicted octanol–water partition coefficient (Wildman–Crippen LogP) is -2.53. The number of ether oxygens (including phenoxy) is 3. The van der Waals surface area contributed by atoms with Gasteiger partial charge in [0.15, 0.2) is 12.1 Å². The van der Waals surface area contributed by atoms with Crippen LogP contribution in [0.25, 0.3) is 0 Å². The first-order valence-corrected chi connectivity index (χ1v) is 7.71. The molecular formula is C15H24O9. The Hall–Kier alpha value is -0.910. The molecule has 0 radical (unpaired) electrons. The monoisotopic (exact) mass is 348 g/mol. The summed E-state index contributed by atoms with van der Waals surface area (Å²) in [5.74, 6) is -0.152. The van der Waals surface area contributed by atoms with Crippen LogP contribution in [0.5, 0.6) is 0 Å². The molecule has 5 N–H and O–H groups in total. The van der Waals surface area contributed by atoms with Gasteiger partial charge in [0.25, 0.3) is 0 Å². The largest absolute Gasteiger partial charge is 0.394 e. The molecule has 1 fully saturated rings. The van der Waals surface area contributed by atoms with E-state index in [0.29, 0.717) is 0 Å². The summed E-state index contributed by atoms with van der Waals surface area (Å²) in [6, 6.07) is 0. The van der Waals surface area contributed by atoms with Crippen molar-refractivity contribution in [3.63, 3.8) is 0 Å². The number of carbonyl (C=O) groups excluding carboxylic acids is 1. The number of carbonyl (C=O) groups is 1. The minimum Gasteiger partial charge on any atom is -0.394 e. The van der Waals surface area contributed by atoms with E-state index in [4.69, 9.17) is 19.3 Å². The first-order valence-electron chi connectivity index (χ1n) is 7.71. The molecule has 138 valence electrons. The molecule has 0 bridgehead atoms. The first-order chi connectivity index (χ1) is 11.3. The topological polar surface area (TPSA) is 146 Å². The van der Waals surface area contributed by atoms with E-state index in [1.807, 2.05) is 0 Å². The zero-order valence-corrected chi connectivity index (χ0v) is 13.3. The summed E-state index contributed by atoms with van der Waals surface area (Å²) in [6.07, 6.45) is -4.79. The number of hydrogen-bond donors (Lipinski definition) is 5. The van der Waals surface area contributed by atoms with Crippen molar-refractivity contribution < 1.29 is 44.5 Å². The smallest absolute Gasteiger partial charge is 0.186 e. The summed E-state index contributed by atoms with van der Waals surface area (Å²) in [5.41, 5.74) is -1.41. The van der Waals surface area contributed by atoms with E-state index in [2.05, 4.69) is 0 Å². The van der Waals surface area contributed by atoms with Gasteiger partial charge in [0, 0.05) is 20.0 Å². The zero-order chi connectivity index (χ0) is 17.9. The third-order valence-electron chi connectivity index (χ3n) is 4.42. The van der Waals surface area contributed by atoms with Gasteiger partial charge < -0.3 is 39.7 Å². The fraction of sp³-hybridized carbons (Fsp3) is 0.800. The highest BCUT2D eigenvalue weighted by molar-refractivity contribution is 5.91. The van der Waals surface area contributed by atoms with Crippen molar-refractivity contribution in [3.05, 3.63) is 12.2 Å². The van der Waals surface area contributed by atoms with Gasteiger partial charge in [-0.05, 0) is 12.2 Å². The maximum Gasteiger partial charge on any atom is 0.186 e. The van der Waals surface area contributed by atoms with Crippen molar-refractivity contribution in [2.75, 3.05) is 20.3 Å². The van der Waals surface area contributed by atoms with Gasteiger partial charge in [-0.15, -0.1) is 0 Å². The molecule has 0 unspecified atom stereocenters. The normalized spacial score (nSPS) is 43.2. The molecular weight excluding hydrogens is 324 g/mol. The number of rotatable bonds is 6. The number of methoxy groups -OCH3 is 1. The maximum absolute atomic E-state index is 11.4. The number of aliphatic hydroxyl groups excluding tert-OH is 4. The molecule has 7 atom stereocenters. The molecule has 9 nitrogen and oxygen atoms in total.